The Labute approximate surface area is 227 Å². The lowest BCUT2D eigenvalue weighted by Crippen LogP contribution is -2.19. The monoisotopic (exact) mass is 515 g/mol. The largest absolute Gasteiger partial charge is 0.448 e. The molecule has 4 aromatic carbocycles. The molecule has 2 amide bonds. The molecule has 1 saturated heterocycles. The van der Waals surface area contributed by atoms with Crippen LogP contribution in [0.3, 0.4) is 0 Å². The summed E-state index contributed by atoms with van der Waals surface area (Å²) in [6.07, 6.45) is 2.64. The van der Waals surface area contributed by atoms with Gasteiger partial charge < -0.3 is 15.4 Å². The average molecular weight is 516 g/mol. The molecule has 6 nitrogen and oxygen atoms in total. The Balaban J connectivity index is 1.10. The Morgan fingerprint density at radius 3 is 2.05 bits per heavy atom. The normalized spacial score (nSPS) is 15.0. The minimum absolute atomic E-state index is 0.0263. The van der Waals surface area contributed by atoms with Crippen molar-refractivity contribution in [3.8, 4) is 11.1 Å². The predicted octanol–water partition coefficient (Wildman–Crippen LogP) is 6.68. The molecule has 0 atom stereocenters. The van der Waals surface area contributed by atoms with Crippen molar-refractivity contribution in [2.24, 2.45) is 0 Å². The number of para-hydroxylation sites is 2. The van der Waals surface area contributed by atoms with Gasteiger partial charge in [-0.3, -0.25) is 10.1 Å². The first-order valence-electron chi connectivity index (χ1n) is 13.2. The Morgan fingerprint density at radius 2 is 1.41 bits per heavy atom. The van der Waals surface area contributed by atoms with E-state index in [0.29, 0.717) is 16.9 Å². The van der Waals surface area contributed by atoms with E-state index in [0.717, 1.165) is 36.2 Å². The smallest absolute Gasteiger partial charge is 0.411 e. The molecule has 1 aliphatic carbocycles. The summed E-state index contributed by atoms with van der Waals surface area (Å²) in [5.74, 6) is -0.278. The molecule has 194 valence electrons. The molecule has 1 heterocycles. The van der Waals surface area contributed by atoms with Gasteiger partial charge in [0.15, 0.2) is 0 Å². The molecular formula is C33H29N3O3. The number of carbonyl (C=O) groups excluding carboxylic acids is 2. The van der Waals surface area contributed by atoms with E-state index >= 15 is 0 Å². The first kappa shape index (κ1) is 24.6. The molecule has 1 aliphatic heterocycles. The van der Waals surface area contributed by atoms with Gasteiger partial charge in [0, 0.05) is 18.0 Å². The first-order chi connectivity index (χ1) is 19.2. The number of ether oxygens (including phenoxy) is 1. The van der Waals surface area contributed by atoms with Crippen LogP contribution < -0.4 is 16.0 Å². The molecule has 0 spiro atoms. The van der Waals surface area contributed by atoms with Crippen LogP contribution in [0.5, 0.6) is 0 Å². The summed E-state index contributed by atoms with van der Waals surface area (Å²) in [5, 5.41) is 9.04. The molecule has 4 aromatic rings. The maximum atomic E-state index is 13.0. The second kappa shape index (κ2) is 11.0. The van der Waals surface area contributed by atoms with Crippen LogP contribution in [-0.2, 0) is 4.74 Å². The number of carbonyl (C=O) groups is 2. The zero-order chi connectivity index (χ0) is 26.6. The van der Waals surface area contributed by atoms with Crippen LogP contribution in [0.2, 0.25) is 0 Å². The minimum atomic E-state index is -0.572. The van der Waals surface area contributed by atoms with Crippen molar-refractivity contribution in [1.82, 2.24) is 5.32 Å². The fourth-order valence-electron chi connectivity index (χ4n) is 5.32. The molecule has 0 radical (unpaired) electrons. The van der Waals surface area contributed by atoms with Crippen LogP contribution in [0.15, 0.2) is 103 Å². The number of nitrogens with one attached hydrogen (secondary N) is 3. The van der Waals surface area contributed by atoms with E-state index in [9.17, 15) is 9.59 Å². The third kappa shape index (κ3) is 5.33. The van der Waals surface area contributed by atoms with Crippen molar-refractivity contribution >= 4 is 29.5 Å². The van der Waals surface area contributed by atoms with Gasteiger partial charge in [0.1, 0.15) is 6.61 Å². The molecule has 0 unspecified atom stereocenters. The number of anilines is 2. The Kier molecular flexibility index (Phi) is 6.93. The molecule has 3 N–H and O–H groups in total. The van der Waals surface area contributed by atoms with Crippen molar-refractivity contribution < 1.29 is 14.3 Å². The number of rotatable bonds is 6. The van der Waals surface area contributed by atoms with Crippen LogP contribution in [-0.4, -0.2) is 31.7 Å². The molecule has 1 fully saturated rings. The van der Waals surface area contributed by atoms with E-state index in [1.165, 1.54) is 16.7 Å². The standard InChI is InChI=1S/C33H29N3O3/c37-32(24-15-13-22(14-16-24)19-23-17-18-34-20-23)35-30-11-5-6-12-31(30)36-33(38)39-21-29-27-9-3-1-7-25(27)26-8-2-4-10-28(26)29/h1-16,19,29,34H,17-18,20-21H2,(H,35,37)(H,36,38)/b23-19-. The molecule has 6 heteroatoms. The maximum Gasteiger partial charge on any atom is 0.411 e. The van der Waals surface area contributed by atoms with Crippen molar-refractivity contribution in [1.29, 1.82) is 0 Å². The number of hydrogen-bond acceptors (Lipinski definition) is 4. The highest BCUT2D eigenvalue weighted by Crippen LogP contribution is 2.44. The molecule has 39 heavy (non-hydrogen) atoms. The van der Waals surface area contributed by atoms with E-state index < -0.39 is 6.09 Å². The van der Waals surface area contributed by atoms with Crippen LogP contribution >= 0.6 is 0 Å². The van der Waals surface area contributed by atoms with Gasteiger partial charge in [0.05, 0.1) is 11.4 Å². The average Bonchev–Trinajstić information content (AvgIpc) is 3.59. The van der Waals surface area contributed by atoms with E-state index in [1.807, 2.05) is 54.6 Å². The summed E-state index contributed by atoms with van der Waals surface area (Å²) in [6, 6.07) is 31.1. The van der Waals surface area contributed by atoms with Gasteiger partial charge in [0.2, 0.25) is 0 Å². The summed E-state index contributed by atoms with van der Waals surface area (Å²) in [6.45, 7) is 2.14. The fraction of sp³-hybridized carbons (Fsp3) is 0.152. The number of amides is 2. The van der Waals surface area contributed by atoms with Crippen LogP contribution in [0, 0.1) is 0 Å². The van der Waals surface area contributed by atoms with E-state index in [1.54, 1.807) is 18.2 Å². The molecule has 0 saturated carbocycles. The lowest BCUT2D eigenvalue weighted by atomic mass is 9.98. The van der Waals surface area contributed by atoms with Gasteiger partial charge in [-0.15, -0.1) is 0 Å². The summed E-state index contributed by atoms with van der Waals surface area (Å²) >= 11 is 0. The minimum Gasteiger partial charge on any atom is -0.448 e. The number of hydrogen-bond donors (Lipinski definition) is 3. The molecule has 6 rings (SSSR count). The van der Waals surface area contributed by atoms with Crippen molar-refractivity contribution in [3.63, 3.8) is 0 Å². The number of fused-ring (bicyclic) bond motifs is 3. The third-order valence-corrected chi connectivity index (χ3v) is 7.27. The van der Waals surface area contributed by atoms with Gasteiger partial charge in [-0.1, -0.05) is 84.4 Å². The van der Waals surface area contributed by atoms with E-state index in [-0.39, 0.29) is 18.4 Å². The SMILES string of the molecule is O=C(Nc1ccccc1NC(=O)c1ccc(/C=C2/CCNC2)cc1)OCC1c2ccccc2-c2ccccc21. The molecular weight excluding hydrogens is 486 g/mol. The Morgan fingerprint density at radius 1 is 0.795 bits per heavy atom. The van der Waals surface area contributed by atoms with E-state index in [4.69, 9.17) is 4.74 Å². The van der Waals surface area contributed by atoms with Gasteiger partial charge >= 0.3 is 6.09 Å². The summed E-state index contributed by atoms with van der Waals surface area (Å²) in [7, 11) is 0. The predicted molar refractivity (Wildman–Crippen MR) is 155 cm³/mol. The molecule has 2 aliphatic rings. The maximum absolute atomic E-state index is 13.0. The Bertz CT molecular complexity index is 1510. The molecule has 0 bridgehead atoms. The molecule has 0 aromatic heterocycles. The highest BCUT2D eigenvalue weighted by Gasteiger charge is 2.29. The van der Waals surface area contributed by atoms with E-state index in [2.05, 4.69) is 46.3 Å². The summed E-state index contributed by atoms with van der Waals surface area (Å²) < 4.78 is 5.68. The van der Waals surface area contributed by atoms with Crippen LogP contribution in [0.4, 0.5) is 16.2 Å². The zero-order valence-electron chi connectivity index (χ0n) is 21.4. The van der Waals surface area contributed by atoms with Gasteiger partial charge in [-0.05, 0) is 65.0 Å². The zero-order valence-corrected chi connectivity index (χ0v) is 21.4. The lowest BCUT2D eigenvalue weighted by Gasteiger charge is -2.16. The third-order valence-electron chi connectivity index (χ3n) is 7.27. The topological polar surface area (TPSA) is 79.5 Å². The van der Waals surface area contributed by atoms with Gasteiger partial charge in [-0.2, -0.15) is 0 Å². The Hall–Kier alpha value is -4.68. The highest BCUT2D eigenvalue weighted by molar-refractivity contribution is 6.07. The quantitative estimate of drug-likeness (QED) is 0.268. The second-order valence-electron chi connectivity index (χ2n) is 9.80. The first-order valence-corrected chi connectivity index (χ1v) is 13.2. The number of benzene rings is 4. The highest BCUT2D eigenvalue weighted by atomic mass is 16.5. The fourth-order valence-corrected chi connectivity index (χ4v) is 5.32. The van der Waals surface area contributed by atoms with Crippen molar-refractivity contribution in [3.05, 3.63) is 125 Å². The van der Waals surface area contributed by atoms with Crippen LogP contribution in [0.25, 0.3) is 17.2 Å². The van der Waals surface area contributed by atoms with Gasteiger partial charge in [-0.25, -0.2) is 4.79 Å². The van der Waals surface area contributed by atoms with Crippen molar-refractivity contribution in [2.75, 3.05) is 30.3 Å². The lowest BCUT2D eigenvalue weighted by molar-refractivity contribution is 0.102. The van der Waals surface area contributed by atoms with Crippen LogP contribution in [0.1, 0.15) is 39.4 Å². The summed E-state index contributed by atoms with van der Waals surface area (Å²) in [4.78, 5) is 25.8. The van der Waals surface area contributed by atoms with Gasteiger partial charge in [0.25, 0.3) is 5.91 Å². The van der Waals surface area contributed by atoms with Crippen molar-refractivity contribution in [2.45, 2.75) is 12.3 Å². The summed E-state index contributed by atoms with van der Waals surface area (Å²) in [5.41, 5.74) is 8.60. The second-order valence-corrected chi connectivity index (χ2v) is 9.80.